The summed E-state index contributed by atoms with van der Waals surface area (Å²) in [6.45, 7) is 0.558. The van der Waals surface area contributed by atoms with E-state index in [0.717, 1.165) is 11.1 Å². The van der Waals surface area contributed by atoms with Crippen molar-refractivity contribution in [3.8, 4) is 11.5 Å². The van der Waals surface area contributed by atoms with E-state index in [9.17, 15) is 19.8 Å². The van der Waals surface area contributed by atoms with Gasteiger partial charge in [0, 0.05) is 0 Å². The van der Waals surface area contributed by atoms with Gasteiger partial charge in [-0.2, -0.15) is 0 Å². The van der Waals surface area contributed by atoms with E-state index in [4.69, 9.17) is 37.4 Å². The van der Waals surface area contributed by atoms with Crippen molar-refractivity contribution in [2.45, 2.75) is 25.4 Å². The zero-order valence-corrected chi connectivity index (χ0v) is 22.0. The molecule has 4 aromatic rings. The maximum atomic E-state index is 12.4. The van der Waals surface area contributed by atoms with Crippen molar-refractivity contribution in [3.05, 3.63) is 129 Å². The summed E-state index contributed by atoms with van der Waals surface area (Å²) >= 11 is 12.5. The Morgan fingerprint density at radius 2 is 1.00 bits per heavy atom. The number of hydrogen-bond acceptors (Lipinski definition) is 7. The predicted octanol–water partition coefficient (Wildman–Crippen LogP) is 5.99. The predicted molar refractivity (Wildman–Crippen MR) is 145 cm³/mol. The van der Waals surface area contributed by atoms with E-state index >= 15 is 0 Å². The molecule has 0 aliphatic carbocycles. The summed E-state index contributed by atoms with van der Waals surface area (Å²) in [6, 6.07) is 27.4. The molecule has 39 heavy (non-hydrogen) atoms. The van der Waals surface area contributed by atoms with Crippen molar-refractivity contribution < 1.29 is 34.0 Å². The van der Waals surface area contributed by atoms with Crippen LogP contribution in [0.1, 0.15) is 34.5 Å². The summed E-state index contributed by atoms with van der Waals surface area (Å²) < 4.78 is 16.1. The first kappa shape index (κ1) is 28.1. The largest absolute Gasteiger partial charge is 0.487 e. The van der Waals surface area contributed by atoms with Crippen molar-refractivity contribution in [2.75, 3.05) is 0 Å². The number of aliphatic hydroxyl groups is 2. The zero-order valence-electron chi connectivity index (χ0n) is 20.5. The van der Waals surface area contributed by atoms with Gasteiger partial charge in [0.15, 0.2) is 12.2 Å². The van der Waals surface area contributed by atoms with E-state index in [0.29, 0.717) is 11.5 Å². The lowest BCUT2D eigenvalue weighted by Gasteiger charge is -2.15. The molecule has 0 bridgehead atoms. The highest BCUT2D eigenvalue weighted by Gasteiger charge is 2.28. The normalized spacial score (nSPS) is 12.3. The number of esters is 2. The molecular formula is C30H24Cl2O7. The first-order chi connectivity index (χ1) is 18.8. The molecule has 0 heterocycles. The minimum atomic E-state index is -1.82. The minimum Gasteiger partial charge on any atom is -0.487 e. The van der Waals surface area contributed by atoms with Gasteiger partial charge in [0.05, 0.1) is 10.0 Å². The van der Waals surface area contributed by atoms with Crippen molar-refractivity contribution in [3.63, 3.8) is 0 Å². The summed E-state index contributed by atoms with van der Waals surface area (Å²) in [6.07, 6.45) is -3.64. The van der Waals surface area contributed by atoms with E-state index in [2.05, 4.69) is 0 Å². The molecule has 4 aromatic carbocycles. The molecule has 9 heteroatoms. The second kappa shape index (κ2) is 13.3. The summed E-state index contributed by atoms with van der Waals surface area (Å²) in [5.74, 6) is -1.85. The number of hydrogen-bond donors (Lipinski definition) is 2. The Morgan fingerprint density at radius 1 is 0.615 bits per heavy atom. The molecule has 4 rings (SSSR count). The van der Waals surface area contributed by atoms with E-state index in [1.165, 1.54) is 36.4 Å². The first-order valence-corrected chi connectivity index (χ1v) is 12.6. The van der Waals surface area contributed by atoms with Gasteiger partial charge in [-0.3, -0.25) is 0 Å². The van der Waals surface area contributed by atoms with Gasteiger partial charge in [-0.25, -0.2) is 9.59 Å². The maximum absolute atomic E-state index is 12.4. The van der Waals surface area contributed by atoms with Crippen LogP contribution in [0.25, 0.3) is 0 Å². The Balaban J connectivity index is 1.33. The van der Waals surface area contributed by atoms with Gasteiger partial charge in [0.2, 0.25) is 0 Å². The molecule has 2 N–H and O–H groups in total. The summed E-state index contributed by atoms with van der Waals surface area (Å²) in [7, 11) is 0. The molecule has 200 valence electrons. The Morgan fingerprint density at radius 3 is 1.36 bits per heavy atom. The third-order valence-corrected chi connectivity index (χ3v) is 6.26. The highest BCUT2D eigenvalue weighted by molar-refractivity contribution is 6.32. The average Bonchev–Trinajstić information content (AvgIpc) is 2.96. The van der Waals surface area contributed by atoms with Crippen molar-refractivity contribution >= 4 is 35.1 Å². The smallest absolute Gasteiger partial charge is 0.347 e. The number of aliphatic hydroxyl groups excluding tert-OH is 2. The summed E-state index contributed by atoms with van der Waals surface area (Å²) in [5, 5.41) is 21.1. The van der Waals surface area contributed by atoms with Crippen LogP contribution in [0.5, 0.6) is 11.5 Å². The van der Waals surface area contributed by atoms with E-state index < -0.39 is 24.1 Å². The minimum absolute atomic E-state index is 0.0855. The van der Waals surface area contributed by atoms with Crippen molar-refractivity contribution in [2.24, 2.45) is 0 Å². The molecule has 2 atom stereocenters. The molecule has 0 saturated heterocycles. The number of carbonyl (C=O) groups excluding carboxylic acids is 2. The van der Waals surface area contributed by atoms with Crippen LogP contribution < -0.4 is 9.47 Å². The molecule has 0 aliphatic rings. The molecule has 7 nitrogen and oxygen atoms in total. The van der Waals surface area contributed by atoms with Crippen LogP contribution >= 0.6 is 23.2 Å². The molecule has 2 unspecified atom stereocenters. The molecule has 0 aliphatic heterocycles. The second-order valence-electron chi connectivity index (χ2n) is 8.47. The number of rotatable bonds is 10. The Labute approximate surface area is 235 Å². The molecule has 0 amide bonds. The van der Waals surface area contributed by atoms with Gasteiger partial charge < -0.3 is 24.4 Å². The molecular weight excluding hydrogens is 543 g/mol. The highest BCUT2D eigenvalue weighted by Crippen LogP contribution is 2.31. The third-order valence-electron chi connectivity index (χ3n) is 5.67. The van der Waals surface area contributed by atoms with Crippen LogP contribution in [-0.4, -0.2) is 22.2 Å². The van der Waals surface area contributed by atoms with E-state index in [1.807, 2.05) is 60.7 Å². The van der Waals surface area contributed by atoms with Gasteiger partial charge in [0.1, 0.15) is 24.7 Å². The Hall–Kier alpha value is -3.88. The number of benzene rings is 4. The molecule has 0 saturated carbocycles. The monoisotopic (exact) mass is 566 g/mol. The fourth-order valence-corrected chi connectivity index (χ4v) is 4.05. The lowest BCUT2D eigenvalue weighted by atomic mass is 10.1. The second-order valence-corrected chi connectivity index (χ2v) is 9.29. The highest BCUT2D eigenvalue weighted by atomic mass is 35.5. The lowest BCUT2D eigenvalue weighted by Crippen LogP contribution is -2.24. The van der Waals surface area contributed by atoms with Crippen LogP contribution in [-0.2, 0) is 27.5 Å². The summed E-state index contributed by atoms with van der Waals surface area (Å²) in [4.78, 5) is 24.8. The van der Waals surface area contributed by atoms with Crippen LogP contribution in [0.4, 0.5) is 0 Å². The quantitative estimate of drug-likeness (QED) is 0.179. The van der Waals surface area contributed by atoms with Crippen LogP contribution in [0, 0.1) is 0 Å². The average molecular weight is 567 g/mol. The first-order valence-electron chi connectivity index (χ1n) is 11.9. The van der Waals surface area contributed by atoms with Gasteiger partial charge in [-0.1, -0.05) is 96.0 Å². The van der Waals surface area contributed by atoms with E-state index in [1.54, 1.807) is 0 Å². The molecule has 0 fully saturated rings. The third kappa shape index (κ3) is 7.59. The fourth-order valence-electron chi connectivity index (χ4n) is 3.56. The number of ether oxygens (including phenoxy) is 3. The standard InChI is InChI=1S/C30H24Cl2O7/c31-23-15-21(11-13-25(23)37-17-19-7-3-1-4-8-19)27(33)29(35)39-30(36)28(34)22-12-14-26(24(32)16-22)38-18-20-9-5-2-6-10-20/h1-16,27-28,33-34H,17-18H2. The summed E-state index contributed by atoms with van der Waals surface area (Å²) in [5.41, 5.74) is 2.05. The van der Waals surface area contributed by atoms with Crippen molar-refractivity contribution in [1.29, 1.82) is 0 Å². The fraction of sp³-hybridized carbons (Fsp3) is 0.133. The Kier molecular flexibility index (Phi) is 9.57. The van der Waals surface area contributed by atoms with E-state index in [-0.39, 0.29) is 34.4 Å². The van der Waals surface area contributed by atoms with Crippen molar-refractivity contribution in [1.82, 2.24) is 0 Å². The van der Waals surface area contributed by atoms with Gasteiger partial charge in [-0.15, -0.1) is 0 Å². The maximum Gasteiger partial charge on any atom is 0.347 e. The lowest BCUT2D eigenvalue weighted by molar-refractivity contribution is -0.171. The number of halogens is 2. The van der Waals surface area contributed by atoms with Crippen LogP contribution in [0.3, 0.4) is 0 Å². The van der Waals surface area contributed by atoms with Crippen LogP contribution in [0.15, 0.2) is 97.1 Å². The van der Waals surface area contributed by atoms with Gasteiger partial charge in [0.25, 0.3) is 0 Å². The zero-order chi connectivity index (χ0) is 27.8. The number of carbonyl (C=O) groups is 2. The van der Waals surface area contributed by atoms with Gasteiger partial charge >= 0.3 is 11.9 Å². The Bertz CT molecular complexity index is 1320. The molecule has 0 radical (unpaired) electrons. The molecule has 0 spiro atoms. The SMILES string of the molecule is O=C(OC(=O)C(O)c1ccc(OCc2ccccc2)c(Cl)c1)C(O)c1ccc(OCc2ccccc2)c(Cl)c1. The van der Waals surface area contributed by atoms with Gasteiger partial charge in [-0.05, 0) is 46.5 Å². The topological polar surface area (TPSA) is 102 Å². The van der Waals surface area contributed by atoms with Crippen LogP contribution in [0.2, 0.25) is 10.0 Å². The molecule has 0 aromatic heterocycles.